The number of carbonyl (C=O) groups excluding carboxylic acids is 1. The van der Waals surface area contributed by atoms with E-state index in [1.54, 1.807) is 30.3 Å². The molecule has 158 valence electrons. The minimum Gasteiger partial charge on any atom is -0.506 e. The van der Waals surface area contributed by atoms with Crippen LogP contribution in [0.25, 0.3) is 10.8 Å². The highest BCUT2D eigenvalue weighted by Gasteiger charge is 2.19. The maximum atomic E-state index is 12.7. The Morgan fingerprint density at radius 3 is 2.47 bits per heavy atom. The molecule has 0 bridgehead atoms. The Bertz CT molecular complexity index is 1400. The van der Waals surface area contributed by atoms with Gasteiger partial charge in [-0.3, -0.25) is 4.79 Å². The van der Waals surface area contributed by atoms with Crippen LogP contribution in [0.15, 0.2) is 72.8 Å². The molecule has 4 aromatic carbocycles. The number of nitrogens with zero attached hydrogens (tertiary/aromatic N) is 1. The Hall–Kier alpha value is -2.35. The van der Waals surface area contributed by atoms with Crippen LogP contribution >= 0.6 is 56.8 Å². The molecule has 32 heavy (non-hydrogen) atoms. The van der Waals surface area contributed by atoms with Gasteiger partial charge < -0.3 is 10.4 Å². The first kappa shape index (κ1) is 22.8. The van der Waals surface area contributed by atoms with E-state index in [1.807, 2.05) is 65.1 Å². The molecular weight excluding hydrogens is 650 g/mol. The van der Waals surface area contributed by atoms with Gasteiger partial charge in [0.05, 0.1) is 21.1 Å². The molecular formula is C25H15ClI2N2O2. The third kappa shape index (κ3) is 4.70. The summed E-state index contributed by atoms with van der Waals surface area (Å²) >= 11 is 10.6. The lowest BCUT2D eigenvalue weighted by atomic mass is 9.91. The number of hydrogen-bond acceptors (Lipinski definition) is 3. The molecule has 0 saturated heterocycles. The van der Waals surface area contributed by atoms with Crippen LogP contribution in [0.3, 0.4) is 0 Å². The number of anilines is 1. The van der Waals surface area contributed by atoms with E-state index in [1.165, 1.54) is 0 Å². The number of halogens is 3. The number of benzene rings is 4. The molecule has 0 fully saturated rings. The normalized spacial score (nSPS) is 11.7. The summed E-state index contributed by atoms with van der Waals surface area (Å²) in [6.45, 7) is 0. The van der Waals surface area contributed by atoms with E-state index in [9.17, 15) is 15.2 Å². The molecule has 0 heterocycles. The first-order chi connectivity index (χ1) is 15.4. The number of nitrogens with one attached hydrogen (secondary N) is 1. The summed E-state index contributed by atoms with van der Waals surface area (Å²) < 4.78 is 1.44. The van der Waals surface area contributed by atoms with Gasteiger partial charge in [-0.1, -0.05) is 54.1 Å². The summed E-state index contributed by atoms with van der Waals surface area (Å²) in [7, 11) is 0. The highest BCUT2D eigenvalue weighted by atomic mass is 127. The largest absolute Gasteiger partial charge is 0.506 e. The third-order valence-corrected chi connectivity index (χ3v) is 6.85. The summed E-state index contributed by atoms with van der Waals surface area (Å²) in [6.07, 6.45) is 0. The van der Waals surface area contributed by atoms with E-state index >= 15 is 0 Å². The van der Waals surface area contributed by atoms with Crippen LogP contribution in [0, 0.1) is 18.5 Å². The van der Waals surface area contributed by atoms with Gasteiger partial charge in [-0.15, -0.1) is 0 Å². The van der Waals surface area contributed by atoms with Crippen molar-refractivity contribution in [3.63, 3.8) is 0 Å². The van der Waals surface area contributed by atoms with Crippen molar-refractivity contribution < 1.29 is 9.90 Å². The number of amides is 1. The Kier molecular flexibility index (Phi) is 6.88. The molecule has 0 aliphatic carbocycles. The quantitative estimate of drug-likeness (QED) is 0.225. The summed E-state index contributed by atoms with van der Waals surface area (Å²) in [6, 6.07) is 24.7. The Morgan fingerprint density at radius 2 is 1.75 bits per heavy atom. The van der Waals surface area contributed by atoms with E-state index in [-0.39, 0.29) is 11.3 Å². The van der Waals surface area contributed by atoms with Crippen LogP contribution in [0.4, 0.5) is 5.69 Å². The molecule has 1 amide bonds. The van der Waals surface area contributed by atoms with Gasteiger partial charge in [0.1, 0.15) is 5.75 Å². The van der Waals surface area contributed by atoms with E-state index in [4.69, 9.17) is 11.6 Å². The molecule has 0 aliphatic rings. The van der Waals surface area contributed by atoms with Crippen molar-refractivity contribution in [1.82, 2.24) is 0 Å². The molecule has 0 spiro atoms. The molecule has 2 N–H and O–H groups in total. The highest BCUT2D eigenvalue weighted by molar-refractivity contribution is 14.1. The SMILES string of the molecule is N#CC(c1ccc2ccccc2c1)c1ccc(NC(=O)c2cc(I)cc(I)c2O)cc1Cl. The maximum Gasteiger partial charge on any atom is 0.259 e. The molecule has 0 radical (unpaired) electrons. The Balaban J connectivity index is 1.62. The van der Waals surface area contributed by atoms with Gasteiger partial charge in [-0.25, -0.2) is 0 Å². The van der Waals surface area contributed by atoms with Crippen molar-refractivity contribution in [2.45, 2.75) is 5.92 Å². The van der Waals surface area contributed by atoms with Gasteiger partial charge in [0.2, 0.25) is 0 Å². The molecule has 1 atom stereocenters. The minimum absolute atomic E-state index is 0.0629. The number of aromatic hydroxyl groups is 1. The number of phenolic OH excluding ortho intramolecular Hbond substituents is 1. The lowest BCUT2D eigenvalue weighted by Crippen LogP contribution is -2.13. The predicted molar refractivity (Wildman–Crippen MR) is 144 cm³/mol. The molecule has 0 aromatic heterocycles. The zero-order valence-electron chi connectivity index (χ0n) is 16.4. The first-order valence-electron chi connectivity index (χ1n) is 9.54. The summed E-state index contributed by atoms with van der Waals surface area (Å²) in [5.74, 6) is -1.04. The second kappa shape index (κ2) is 9.65. The molecule has 4 nitrogen and oxygen atoms in total. The molecule has 4 rings (SSSR count). The number of carbonyl (C=O) groups is 1. The lowest BCUT2D eigenvalue weighted by molar-refractivity contribution is 0.102. The molecule has 4 aromatic rings. The van der Waals surface area contributed by atoms with Crippen LogP contribution in [0.5, 0.6) is 5.75 Å². The van der Waals surface area contributed by atoms with E-state index < -0.39 is 11.8 Å². The zero-order chi connectivity index (χ0) is 22.8. The average Bonchev–Trinajstić information content (AvgIpc) is 2.78. The highest BCUT2D eigenvalue weighted by Crippen LogP contribution is 2.34. The van der Waals surface area contributed by atoms with Crippen molar-refractivity contribution in [2.75, 3.05) is 5.32 Å². The molecule has 1 unspecified atom stereocenters. The van der Waals surface area contributed by atoms with Gasteiger partial charge in [0.15, 0.2) is 0 Å². The van der Waals surface area contributed by atoms with Crippen LogP contribution in [0.2, 0.25) is 5.02 Å². The predicted octanol–water partition coefficient (Wildman–Crippen LogP) is 7.32. The van der Waals surface area contributed by atoms with Gasteiger partial charge in [0.25, 0.3) is 5.91 Å². The van der Waals surface area contributed by atoms with Crippen molar-refractivity contribution >= 4 is 79.1 Å². The Morgan fingerprint density at radius 1 is 1.00 bits per heavy atom. The second-order valence-electron chi connectivity index (χ2n) is 7.14. The first-order valence-corrected chi connectivity index (χ1v) is 12.1. The fourth-order valence-corrected chi connectivity index (χ4v) is 5.62. The topological polar surface area (TPSA) is 73.1 Å². The number of rotatable bonds is 4. The summed E-state index contributed by atoms with van der Waals surface area (Å²) in [5.41, 5.74) is 2.18. The zero-order valence-corrected chi connectivity index (χ0v) is 21.5. The van der Waals surface area contributed by atoms with Gasteiger partial charge in [-0.2, -0.15) is 5.26 Å². The van der Waals surface area contributed by atoms with Crippen LogP contribution < -0.4 is 5.32 Å². The number of phenols is 1. The summed E-state index contributed by atoms with van der Waals surface area (Å²) in [4.78, 5) is 12.7. The Labute approximate surface area is 217 Å². The van der Waals surface area contributed by atoms with E-state index in [0.717, 1.165) is 19.9 Å². The standard InChI is InChI=1S/C25H15ClI2N2O2/c26-22-12-18(30-25(32)20-10-17(27)11-23(28)24(20)31)7-8-19(22)21(13-29)16-6-5-14-3-1-2-4-15(14)9-16/h1-12,21,31H,(H,30,32). The van der Waals surface area contributed by atoms with Crippen molar-refractivity contribution in [3.05, 3.63) is 102 Å². The maximum absolute atomic E-state index is 12.7. The fraction of sp³-hybridized carbons (Fsp3) is 0.0400. The average molecular weight is 665 g/mol. The van der Waals surface area contributed by atoms with Gasteiger partial charge in [-0.05, 0) is 97.4 Å². The second-order valence-corrected chi connectivity index (χ2v) is 9.96. The van der Waals surface area contributed by atoms with Crippen LogP contribution in [-0.4, -0.2) is 11.0 Å². The lowest BCUT2D eigenvalue weighted by Gasteiger charge is -2.15. The smallest absolute Gasteiger partial charge is 0.259 e. The third-order valence-electron chi connectivity index (χ3n) is 5.08. The number of fused-ring (bicyclic) bond motifs is 1. The van der Waals surface area contributed by atoms with Crippen molar-refractivity contribution in [1.29, 1.82) is 5.26 Å². The summed E-state index contributed by atoms with van der Waals surface area (Å²) in [5, 5.41) is 25.4. The molecule has 7 heteroatoms. The monoisotopic (exact) mass is 664 g/mol. The van der Waals surface area contributed by atoms with Crippen LogP contribution in [0.1, 0.15) is 27.4 Å². The van der Waals surface area contributed by atoms with Crippen LogP contribution in [-0.2, 0) is 0 Å². The van der Waals surface area contributed by atoms with Crippen molar-refractivity contribution in [2.24, 2.45) is 0 Å². The fourth-order valence-electron chi connectivity index (χ4n) is 3.49. The van der Waals surface area contributed by atoms with Gasteiger partial charge in [0, 0.05) is 14.3 Å². The molecule has 0 aliphatic heterocycles. The van der Waals surface area contributed by atoms with Gasteiger partial charge >= 0.3 is 0 Å². The minimum atomic E-state index is -0.543. The number of hydrogen-bond donors (Lipinski definition) is 2. The van der Waals surface area contributed by atoms with Crippen molar-refractivity contribution in [3.8, 4) is 11.8 Å². The van der Waals surface area contributed by atoms with E-state index in [0.29, 0.717) is 19.8 Å². The number of nitriles is 1. The van der Waals surface area contributed by atoms with E-state index in [2.05, 4.69) is 34.0 Å². The molecule has 0 saturated carbocycles.